The molecule has 3 N–H and O–H groups in total. The number of carbonyl (C=O) groups is 4. The van der Waals surface area contributed by atoms with Crippen molar-refractivity contribution in [1.29, 1.82) is 0 Å². The zero-order valence-corrected chi connectivity index (χ0v) is 26.8. The van der Waals surface area contributed by atoms with E-state index < -0.39 is 48.2 Å². The van der Waals surface area contributed by atoms with Crippen LogP contribution in [0.3, 0.4) is 0 Å². The second-order valence-corrected chi connectivity index (χ2v) is 12.9. The molecule has 0 bridgehead atoms. The van der Waals surface area contributed by atoms with Crippen molar-refractivity contribution in [2.75, 3.05) is 45.2 Å². The second-order valence-electron chi connectivity index (χ2n) is 12.9. The van der Waals surface area contributed by atoms with Gasteiger partial charge in [0, 0.05) is 44.8 Å². The highest BCUT2D eigenvalue weighted by Crippen LogP contribution is 2.51. The van der Waals surface area contributed by atoms with E-state index in [0.717, 1.165) is 25.7 Å². The Kier molecular flexibility index (Phi) is 10.7. The number of carbonyl (C=O) groups excluding carboxylic acids is 4. The number of hydrogen-bond donors (Lipinski definition) is 3. The van der Waals surface area contributed by atoms with E-state index in [1.54, 1.807) is 34.8 Å². The quantitative estimate of drug-likeness (QED) is 0.291. The number of likely N-dealkylation sites (N-methyl/N-ethyl adjacent to an activating group) is 1. The number of hydrogen-bond acceptors (Lipinski definition) is 6. The first-order valence-electron chi connectivity index (χ1n) is 16.4. The molecule has 2 saturated carbocycles. The molecule has 2 aliphatic carbocycles. The zero-order chi connectivity index (χ0) is 33.0. The summed E-state index contributed by atoms with van der Waals surface area (Å²) in [5.41, 5.74) is 0.747. The van der Waals surface area contributed by atoms with Crippen molar-refractivity contribution in [2.45, 2.75) is 70.5 Å². The lowest BCUT2D eigenvalue weighted by Crippen LogP contribution is -2.55. The summed E-state index contributed by atoms with van der Waals surface area (Å²) in [5.74, 6) is -2.52. The Hall–Kier alpha value is -3.87. The molecule has 11 nitrogen and oxygen atoms in total. The molecule has 1 aromatic carbocycles. The van der Waals surface area contributed by atoms with E-state index in [1.807, 2.05) is 14.0 Å². The molecule has 1 aliphatic heterocycles. The number of anilines is 1. The summed E-state index contributed by atoms with van der Waals surface area (Å²) in [6.45, 7) is 5.56. The highest BCUT2D eigenvalue weighted by atomic mass is 19.1. The fourth-order valence-electron chi connectivity index (χ4n) is 6.50. The van der Waals surface area contributed by atoms with Crippen LogP contribution in [0.4, 0.5) is 14.5 Å². The number of aromatic nitrogens is 2. The van der Waals surface area contributed by atoms with E-state index >= 15 is 4.39 Å². The average molecular weight is 642 g/mol. The first-order chi connectivity index (χ1) is 22.1. The number of amides is 4. The standard InChI is InChI=1S/C33H45F2N7O4/c1-4-42-26(12-14-36-42)31(44)39-30(28(21-5-6-21)22-7-8-22)32(45)37-25-10-9-23(19-24(25)35)20(2)29(38-27(43)11-13-34)33(46)41-17-15-40(3)16-18-41/h9-10,12,14,19-22,28-30H,4-8,11,13,15-18H2,1-3H3,(H,37,45)(H,38,43)(H,39,44)/t20-,29+,30-/m0/s1. The van der Waals surface area contributed by atoms with E-state index in [0.29, 0.717) is 55.8 Å². The molecule has 3 aliphatic rings. The summed E-state index contributed by atoms with van der Waals surface area (Å²) in [7, 11) is 1.96. The van der Waals surface area contributed by atoms with Gasteiger partial charge in [-0.15, -0.1) is 0 Å². The molecular weight excluding hydrogens is 596 g/mol. The topological polar surface area (TPSA) is 129 Å². The maximum Gasteiger partial charge on any atom is 0.270 e. The van der Waals surface area contributed by atoms with Crippen molar-refractivity contribution < 1.29 is 28.0 Å². The van der Waals surface area contributed by atoms with E-state index in [2.05, 4.69) is 25.9 Å². The van der Waals surface area contributed by atoms with Gasteiger partial charge in [0.05, 0.1) is 18.8 Å². The van der Waals surface area contributed by atoms with Crippen LogP contribution in [0.15, 0.2) is 30.5 Å². The molecular formula is C33H45F2N7O4. The third-order valence-corrected chi connectivity index (χ3v) is 9.53. The number of rotatable bonds is 14. The minimum absolute atomic E-state index is 0.0430. The highest BCUT2D eigenvalue weighted by Gasteiger charge is 2.48. The molecule has 3 atom stereocenters. The number of aryl methyl sites for hydroxylation is 1. The molecule has 5 rings (SSSR count). The Morgan fingerprint density at radius 1 is 0.978 bits per heavy atom. The van der Waals surface area contributed by atoms with Gasteiger partial charge in [-0.2, -0.15) is 5.10 Å². The van der Waals surface area contributed by atoms with Gasteiger partial charge < -0.3 is 25.8 Å². The Morgan fingerprint density at radius 3 is 2.24 bits per heavy atom. The van der Waals surface area contributed by atoms with Gasteiger partial charge in [-0.05, 0) is 81.2 Å². The predicted molar refractivity (Wildman–Crippen MR) is 168 cm³/mol. The van der Waals surface area contributed by atoms with Crippen LogP contribution in [0.1, 0.15) is 67.9 Å². The highest BCUT2D eigenvalue weighted by molar-refractivity contribution is 6.01. The normalized spacial score (nSPS) is 19.0. The molecule has 1 saturated heterocycles. The first-order valence-corrected chi connectivity index (χ1v) is 16.4. The van der Waals surface area contributed by atoms with Crippen molar-refractivity contribution in [3.05, 3.63) is 47.5 Å². The Morgan fingerprint density at radius 2 is 1.65 bits per heavy atom. The fourth-order valence-corrected chi connectivity index (χ4v) is 6.50. The Bertz CT molecular complexity index is 1410. The number of halogens is 2. The molecule has 250 valence electrons. The molecule has 1 aromatic heterocycles. The summed E-state index contributed by atoms with van der Waals surface area (Å²) in [5, 5.41) is 12.5. The van der Waals surface area contributed by atoms with E-state index in [9.17, 15) is 23.6 Å². The third-order valence-electron chi connectivity index (χ3n) is 9.53. The van der Waals surface area contributed by atoms with Crippen LogP contribution >= 0.6 is 0 Å². The van der Waals surface area contributed by atoms with Gasteiger partial charge >= 0.3 is 0 Å². The van der Waals surface area contributed by atoms with Gasteiger partial charge in [-0.25, -0.2) is 4.39 Å². The minimum atomic E-state index is -1.02. The molecule has 0 radical (unpaired) electrons. The van der Waals surface area contributed by atoms with Crippen LogP contribution in [0, 0.1) is 23.6 Å². The largest absolute Gasteiger partial charge is 0.344 e. The summed E-state index contributed by atoms with van der Waals surface area (Å²) in [4.78, 5) is 56.8. The number of benzene rings is 1. The fraction of sp³-hybridized carbons (Fsp3) is 0.606. The van der Waals surface area contributed by atoms with Crippen LogP contribution in [0.5, 0.6) is 0 Å². The maximum absolute atomic E-state index is 15.7. The number of alkyl halides is 1. The lowest BCUT2D eigenvalue weighted by atomic mass is 9.88. The Balaban J connectivity index is 1.33. The predicted octanol–water partition coefficient (Wildman–Crippen LogP) is 2.94. The van der Waals surface area contributed by atoms with E-state index in [4.69, 9.17) is 0 Å². The van der Waals surface area contributed by atoms with Gasteiger partial charge in [0.15, 0.2) is 0 Å². The lowest BCUT2D eigenvalue weighted by molar-refractivity contribution is -0.138. The molecule has 0 spiro atoms. The zero-order valence-electron chi connectivity index (χ0n) is 26.8. The average Bonchev–Trinajstić information content (AvgIpc) is 3.99. The SMILES string of the molecule is CCn1nccc1C(=O)N[C@H](C(=O)Nc1ccc([C@H](C)[C@@H](NC(=O)CCF)C(=O)N2CCN(C)CC2)cc1F)C(C1CC1)C1CC1. The van der Waals surface area contributed by atoms with Gasteiger partial charge in [0.25, 0.3) is 5.91 Å². The molecule has 3 fully saturated rings. The summed E-state index contributed by atoms with van der Waals surface area (Å²) in [6.07, 6.45) is 5.13. The summed E-state index contributed by atoms with van der Waals surface area (Å²) < 4.78 is 30.1. The summed E-state index contributed by atoms with van der Waals surface area (Å²) >= 11 is 0. The van der Waals surface area contributed by atoms with E-state index in [-0.39, 0.29) is 23.9 Å². The Labute approximate surface area is 268 Å². The van der Waals surface area contributed by atoms with Crippen LogP contribution in [-0.2, 0) is 20.9 Å². The number of nitrogens with one attached hydrogen (secondary N) is 3. The van der Waals surface area contributed by atoms with Gasteiger partial charge in [0.2, 0.25) is 17.7 Å². The third kappa shape index (κ3) is 7.91. The first kappa shape index (κ1) is 33.5. The van der Waals surface area contributed by atoms with Crippen molar-refractivity contribution in [2.24, 2.45) is 17.8 Å². The monoisotopic (exact) mass is 641 g/mol. The van der Waals surface area contributed by atoms with Crippen LogP contribution in [0.2, 0.25) is 0 Å². The molecule has 2 aromatic rings. The molecule has 13 heteroatoms. The second kappa shape index (κ2) is 14.7. The minimum Gasteiger partial charge on any atom is -0.344 e. The maximum atomic E-state index is 15.7. The van der Waals surface area contributed by atoms with Crippen molar-refractivity contribution >= 4 is 29.3 Å². The molecule has 46 heavy (non-hydrogen) atoms. The van der Waals surface area contributed by atoms with Crippen LogP contribution in [-0.4, -0.2) is 95.2 Å². The van der Waals surface area contributed by atoms with E-state index in [1.165, 1.54) is 12.1 Å². The summed E-state index contributed by atoms with van der Waals surface area (Å²) in [6, 6.07) is 4.05. The van der Waals surface area contributed by atoms with Crippen molar-refractivity contribution in [3.8, 4) is 0 Å². The number of piperazine rings is 1. The van der Waals surface area contributed by atoms with Crippen molar-refractivity contribution in [3.63, 3.8) is 0 Å². The van der Waals surface area contributed by atoms with Crippen LogP contribution in [0.25, 0.3) is 0 Å². The van der Waals surface area contributed by atoms with Gasteiger partial charge in [0.1, 0.15) is 23.6 Å². The molecule has 2 heterocycles. The molecule has 4 amide bonds. The molecule has 0 unspecified atom stereocenters. The van der Waals surface area contributed by atoms with Crippen molar-refractivity contribution in [1.82, 2.24) is 30.2 Å². The lowest BCUT2D eigenvalue weighted by Gasteiger charge is -2.36. The number of nitrogens with zero attached hydrogens (tertiary/aromatic N) is 4. The van der Waals surface area contributed by atoms with Crippen LogP contribution < -0.4 is 16.0 Å². The smallest absolute Gasteiger partial charge is 0.270 e. The van der Waals surface area contributed by atoms with Gasteiger partial charge in [-0.1, -0.05) is 13.0 Å². The van der Waals surface area contributed by atoms with Gasteiger partial charge in [-0.3, -0.25) is 28.3 Å².